The second-order valence-corrected chi connectivity index (χ2v) is 3.81. The van der Waals surface area contributed by atoms with Gasteiger partial charge in [0.25, 0.3) is 0 Å². The fraction of sp³-hybridized carbons (Fsp3) is 0.667. The van der Waals surface area contributed by atoms with Gasteiger partial charge in [0.15, 0.2) is 0 Å². The molecule has 5 heteroatoms. The summed E-state index contributed by atoms with van der Waals surface area (Å²) in [5.41, 5.74) is 1.78. The van der Waals surface area contributed by atoms with Crippen LogP contribution in [0.1, 0.15) is 18.3 Å². The summed E-state index contributed by atoms with van der Waals surface area (Å²) in [5.74, 6) is 0. The summed E-state index contributed by atoms with van der Waals surface area (Å²) >= 11 is 6.05. The zero-order chi connectivity index (χ0) is 10.7. The Morgan fingerprint density at radius 3 is 2.71 bits per heavy atom. The maximum Gasteiger partial charge on any atom is 0.0860 e. The van der Waals surface area contributed by atoms with Crippen LogP contribution in [0.5, 0.6) is 0 Å². The van der Waals surface area contributed by atoms with Gasteiger partial charge in [0.2, 0.25) is 0 Å². The Morgan fingerprint density at radius 2 is 2.29 bits per heavy atom. The third-order valence-corrected chi connectivity index (χ3v) is 2.65. The number of aromatic nitrogens is 2. The van der Waals surface area contributed by atoms with E-state index in [0.29, 0.717) is 11.6 Å². The van der Waals surface area contributed by atoms with Crippen molar-refractivity contribution in [2.75, 3.05) is 6.61 Å². The largest absolute Gasteiger partial charge is 0.395 e. The van der Waals surface area contributed by atoms with Gasteiger partial charge in [-0.3, -0.25) is 4.68 Å². The summed E-state index contributed by atoms with van der Waals surface area (Å²) in [5, 5.41) is 16.9. The van der Waals surface area contributed by atoms with Crippen LogP contribution < -0.4 is 5.32 Å². The number of aliphatic hydroxyl groups is 1. The highest BCUT2D eigenvalue weighted by Gasteiger charge is 2.11. The monoisotopic (exact) mass is 217 g/mol. The highest BCUT2D eigenvalue weighted by Crippen LogP contribution is 2.18. The van der Waals surface area contributed by atoms with Gasteiger partial charge in [-0.2, -0.15) is 5.10 Å². The molecule has 0 saturated carbocycles. The number of hydrogen-bond acceptors (Lipinski definition) is 3. The van der Waals surface area contributed by atoms with Crippen molar-refractivity contribution in [3.63, 3.8) is 0 Å². The van der Waals surface area contributed by atoms with Gasteiger partial charge in [0.05, 0.1) is 23.0 Å². The van der Waals surface area contributed by atoms with Crippen molar-refractivity contribution in [3.05, 3.63) is 16.4 Å². The quantitative estimate of drug-likeness (QED) is 0.787. The standard InChI is InChI=1S/C9H16ClN3O/c1-6(5-14)11-4-8-9(10)7(2)12-13(8)3/h6,11,14H,4-5H2,1-3H3. The number of aryl methyl sites for hydroxylation is 2. The Hall–Kier alpha value is -0.580. The molecule has 0 amide bonds. The molecule has 80 valence electrons. The molecule has 1 unspecified atom stereocenters. The van der Waals surface area contributed by atoms with E-state index >= 15 is 0 Å². The highest BCUT2D eigenvalue weighted by molar-refractivity contribution is 6.31. The van der Waals surface area contributed by atoms with Crippen molar-refractivity contribution < 1.29 is 5.11 Å². The van der Waals surface area contributed by atoms with Crippen LogP contribution in [0.15, 0.2) is 0 Å². The van der Waals surface area contributed by atoms with Gasteiger partial charge >= 0.3 is 0 Å². The van der Waals surface area contributed by atoms with E-state index in [1.54, 1.807) is 4.68 Å². The number of aliphatic hydroxyl groups excluding tert-OH is 1. The van der Waals surface area contributed by atoms with Crippen LogP contribution in [0, 0.1) is 6.92 Å². The van der Waals surface area contributed by atoms with E-state index in [1.165, 1.54) is 0 Å². The molecular weight excluding hydrogens is 202 g/mol. The van der Waals surface area contributed by atoms with Crippen LogP contribution in [0.3, 0.4) is 0 Å². The predicted octanol–water partition coefficient (Wildman–Crippen LogP) is 0.852. The maximum absolute atomic E-state index is 8.84. The molecular formula is C9H16ClN3O. The zero-order valence-corrected chi connectivity index (χ0v) is 9.47. The Morgan fingerprint density at radius 1 is 1.64 bits per heavy atom. The lowest BCUT2D eigenvalue weighted by Gasteiger charge is -2.10. The van der Waals surface area contributed by atoms with Crippen molar-refractivity contribution in [1.82, 2.24) is 15.1 Å². The third-order valence-electron chi connectivity index (χ3n) is 2.15. The Balaban J connectivity index is 2.67. The molecule has 0 saturated heterocycles. The molecule has 1 rings (SSSR count). The first-order chi connectivity index (χ1) is 6.56. The minimum absolute atomic E-state index is 0.0706. The molecule has 0 aliphatic rings. The van der Waals surface area contributed by atoms with E-state index in [4.69, 9.17) is 16.7 Å². The predicted molar refractivity (Wildman–Crippen MR) is 56.3 cm³/mol. The molecule has 0 aliphatic carbocycles. The first-order valence-electron chi connectivity index (χ1n) is 4.58. The second-order valence-electron chi connectivity index (χ2n) is 3.43. The molecule has 0 spiro atoms. The summed E-state index contributed by atoms with van der Waals surface area (Å²) in [4.78, 5) is 0. The van der Waals surface area contributed by atoms with E-state index in [-0.39, 0.29) is 12.6 Å². The third kappa shape index (κ3) is 2.47. The first-order valence-corrected chi connectivity index (χ1v) is 4.96. The van der Waals surface area contributed by atoms with E-state index in [2.05, 4.69) is 10.4 Å². The molecule has 0 fully saturated rings. The van der Waals surface area contributed by atoms with Gasteiger partial charge in [-0.1, -0.05) is 11.6 Å². The Labute approximate surface area is 88.9 Å². The van der Waals surface area contributed by atoms with Crippen molar-refractivity contribution >= 4 is 11.6 Å². The maximum atomic E-state index is 8.84. The van der Waals surface area contributed by atoms with Gasteiger partial charge in [-0.15, -0.1) is 0 Å². The van der Waals surface area contributed by atoms with Gasteiger partial charge < -0.3 is 10.4 Å². The van der Waals surface area contributed by atoms with Gasteiger partial charge in [0.1, 0.15) is 0 Å². The molecule has 1 aromatic rings. The van der Waals surface area contributed by atoms with E-state index in [9.17, 15) is 0 Å². The lowest BCUT2D eigenvalue weighted by Crippen LogP contribution is -2.29. The van der Waals surface area contributed by atoms with Crippen molar-refractivity contribution in [2.24, 2.45) is 7.05 Å². The SMILES string of the molecule is Cc1nn(C)c(CNC(C)CO)c1Cl. The van der Waals surface area contributed by atoms with Gasteiger partial charge in [-0.25, -0.2) is 0 Å². The number of nitrogens with one attached hydrogen (secondary N) is 1. The molecule has 0 aromatic carbocycles. The van der Waals surface area contributed by atoms with Crippen LogP contribution in [-0.4, -0.2) is 27.5 Å². The molecule has 14 heavy (non-hydrogen) atoms. The number of rotatable bonds is 4. The van der Waals surface area contributed by atoms with Crippen LogP contribution in [-0.2, 0) is 13.6 Å². The van der Waals surface area contributed by atoms with Gasteiger partial charge in [0, 0.05) is 19.6 Å². The smallest absolute Gasteiger partial charge is 0.0860 e. The Kier molecular flexibility index (Phi) is 3.92. The second kappa shape index (κ2) is 4.77. The minimum atomic E-state index is 0.0706. The van der Waals surface area contributed by atoms with Crippen LogP contribution in [0.4, 0.5) is 0 Å². The average Bonchev–Trinajstić information content (AvgIpc) is 2.39. The Bertz CT molecular complexity index is 311. The lowest BCUT2D eigenvalue weighted by molar-refractivity contribution is 0.250. The molecule has 1 atom stereocenters. The van der Waals surface area contributed by atoms with Crippen LogP contribution >= 0.6 is 11.6 Å². The first kappa shape index (κ1) is 11.5. The lowest BCUT2D eigenvalue weighted by atomic mass is 10.3. The zero-order valence-electron chi connectivity index (χ0n) is 8.71. The normalized spacial score (nSPS) is 13.2. The topological polar surface area (TPSA) is 50.1 Å². The fourth-order valence-corrected chi connectivity index (χ4v) is 1.43. The molecule has 2 N–H and O–H groups in total. The van der Waals surface area contributed by atoms with Gasteiger partial charge in [-0.05, 0) is 13.8 Å². The number of nitrogens with zero attached hydrogens (tertiary/aromatic N) is 2. The summed E-state index contributed by atoms with van der Waals surface area (Å²) in [6.07, 6.45) is 0. The summed E-state index contributed by atoms with van der Waals surface area (Å²) in [6.45, 7) is 4.53. The highest BCUT2D eigenvalue weighted by atomic mass is 35.5. The minimum Gasteiger partial charge on any atom is -0.395 e. The van der Waals surface area contributed by atoms with Crippen molar-refractivity contribution in [2.45, 2.75) is 26.4 Å². The molecule has 0 bridgehead atoms. The fourth-order valence-electron chi connectivity index (χ4n) is 1.21. The van der Waals surface area contributed by atoms with Crippen LogP contribution in [0.25, 0.3) is 0 Å². The molecule has 0 aliphatic heterocycles. The summed E-state index contributed by atoms with van der Waals surface area (Å²) in [6, 6.07) is 0.0706. The molecule has 0 radical (unpaired) electrons. The van der Waals surface area contributed by atoms with E-state index in [0.717, 1.165) is 11.4 Å². The number of halogens is 1. The number of hydrogen-bond donors (Lipinski definition) is 2. The molecule has 1 heterocycles. The molecule has 1 aromatic heterocycles. The van der Waals surface area contributed by atoms with Crippen molar-refractivity contribution in [3.8, 4) is 0 Å². The molecule has 4 nitrogen and oxygen atoms in total. The van der Waals surface area contributed by atoms with Crippen LogP contribution in [0.2, 0.25) is 5.02 Å². The van der Waals surface area contributed by atoms with Crippen molar-refractivity contribution in [1.29, 1.82) is 0 Å². The van der Waals surface area contributed by atoms with E-state index in [1.807, 2.05) is 20.9 Å². The van der Waals surface area contributed by atoms with E-state index < -0.39 is 0 Å². The summed E-state index contributed by atoms with van der Waals surface area (Å²) in [7, 11) is 1.86. The summed E-state index contributed by atoms with van der Waals surface area (Å²) < 4.78 is 1.76. The average molecular weight is 218 g/mol.